The molecular weight excluding hydrogens is 196 g/mol. The summed E-state index contributed by atoms with van der Waals surface area (Å²) in [5.74, 6) is -2.50. The van der Waals surface area contributed by atoms with Gasteiger partial charge in [-0.1, -0.05) is 0 Å². The fraction of sp³-hybridized carbons (Fsp3) is 0.714. The Balaban J connectivity index is 2.84. The number of aliphatic hydroxyl groups excluding tert-OH is 2. The van der Waals surface area contributed by atoms with Crippen molar-refractivity contribution in [3.05, 3.63) is 0 Å². The number of aliphatic carboxylic acids is 1. The average Bonchev–Trinajstić information content (AvgIpc) is 2.14. The number of carboxylic acids is 1. The van der Waals surface area contributed by atoms with Crippen LogP contribution in [0, 0.1) is 0 Å². The van der Waals surface area contributed by atoms with Crippen LogP contribution in [0.25, 0.3) is 0 Å². The molecule has 1 aliphatic heterocycles. The van der Waals surface area contributed by atoms with E-state index in [0.29, 0.717) is 0 Å². The van der Waals surface area contributed by atoms with Crippen molar-refractivity contribution >= 4 is 11.8 Å². The maximum absolute atomic E-state index is 11.1. The van der Waals surface area contributed by atoms with Gasteiger partial charge in [-0.3, -0.25) is 4.79 Å². The highest BCUT2D eigenvalue weighted by Crippen LogP contribution is 2.18. The number of hydrogen-bond donors (Lipinski definition) is 3. The lowest BCUT2D eigenvalue weighted by Crippen LogP contribution is -2.57. The molecule has 7 nitrogen and oxygen atoms in total. The van der Waals surface area contributed by atoms with E-state index < -0.39 is 36.4 Å². The zero-order valence-electron chi connectivity index (χ0n) is 7.28. The van der Waals surface area contributed by atoms with Gasteiger partial charge in [0.15, 0.2) is 30.4 Å². The Morgan fingerprint density at radius 3 is 2.43 bits per heavy atom. The lowest BCUT2D eigenvalue weighted by molar-refractivity contribution is -0.244. The molecule has 3 N–H and O–H groups in total. The van der Waals surface area contributed by atoms with E-state index in [4.69, 9.17) is 15.3 Å². The molecule has 1 saturated heterocycles. The molecule has 0 amide bonds. The van der Waals surface area contributed by atoms with E-state index in [1.807, 2.05) is 0 Å². The first-order valence-electron chi connectivity index (χ1n) is 3.80. The molecule has 0 aromatic carbocycles. The first-order valence-corrected chi connectivity index (χ1v) is 3.80. The third kappa shape index (κ3) is 1.75. The van der Waals surface area contributed by atoms with Gasteiger partial charge in [-0.15, -0.1) is 0 Å². The fourth-order valence-corrected chi connectivity index (χ4v) is 1.13. The first kappa shape index (κ1) is 11.1. The van der Waals surface area contributed by atoms with E-state index in [-0.39, 0.29) is 0 Å². The van der Waals surface area contributed by atoms with Crippen LogP contribution in [0.4, 0.5) is 0 Å². The Kier molecular flexibility index (Phi) is 3.17. The van der Waals surface area contributed by atoms with Gasteiger partial charge >= 0.3 is 5.97 Å². The van der Waals surface area contributed by atoms with Crippen LogP contribution in [0.2, 0.25) is 0 Å². The van der Waals surface area contributed by atoms with Crippen molar-refractivity contribution in [3.8, 4) is 0 Å². The topological polar surface area (TPSA) is 113 Å². The molecule has 4 atom stereocenters. The summed E-state index contributed by atoms with van der Waals surface area (Å²) in [6, 6.07) is 0. The van der Waals surface area contributed by atoms with Crippen LogP contribution in [0.5, 0.6) is 0 Å². The Labute approximate surface area is 78.9 Å². The Morgan fingerprint density at radius 2 is 2.00 bits per heavy atom. The lowest BCUT2D eigenvalue weighted by Gasteiger charge is -2.32. The number of hydrogen-bond acceptors (Lipinski definition) is 6. The summed E-state index contributed by atoms with van der Waals surface area (Å²) < 4.78 is 9.18. The summed E-state index contributed by atoms with van der Waals surface area (Å²) in [5, 5.41) is 26.8. The van der Waals surface area contributed by atoms with E-state index in [2.05, 4.69) is 9.47 Å². The minimum atomic E-state index is -1.87. The molecule has 80 valence electrons. The molecule has 1 fully saturated rings. The normalized spacial score (nSPS) is 38.4. The van der Waals surface area contributed by atoms with Gasteiger partial charge in [0, 0.05) is 7.11 Å². The molecule has 7 heteroatoms. The van der Waals surface area contributed by atoms with Crippen LogP contribution in [0.3, 0.4) is 0 Å². The Hall–Kier alpha value is -1.02. The van der Waals surface area contributed by atoms with Crippen molar-refractivity contribution in [3.63, 3.8) is 0 Å². The summed E-state index contributed by atoms with van der Waals surface area (Å²) in [6.45, 7) is 0. The fourth-order valence-electron chi connectivity index (χ4n) is 1.13. The second kappa shape index (κ2) is 4.01. The van der Waals surface area contributed by atoms with Gasteiger partial charge in [0.1, 0.15) is 0 Å². The molecule has 0 saturated carbocycles. The summed E-state index contributed by atoms with van der Waals surface area (Å²) >= 11 is 0. The standard InChI is InChI=1S/C7H10O7/c1-13-7-4(10)2(8)3(9)5(14-7)6(11)12/h3-5,7,9-10H,1H3,(H,11,12)/t3-,4+,5+,7-/m0/s1. The number of aliphatic hydroxyl groups is 2. The minimum absolute atomic E-state index is 1.02. The summed E-state index contributed by atoms with van der Waals surface area (Å²) in [4.78, 5) is 21.6. The number of carbonyl (C=O) groups excluding carboxylic acids is 1. The number of methoxy groups -OCH3 is 1. The van der Waals surface area contributed by atoms with Crippen LogP contribution in [-0.4, -0.2) is 58.8 Å². The highest BCUT2D eigenvalue weighted by Gasteiger charge is 2.46. The van der Waals surface area contributed by atoms with Crippen LogP contribution in [-0.2, 0) is 19.1 Å². The van der Waals surface area contributed by atoms with Crippen molar-refractivity contribution in [2.75, 3.05) is 7.11 Å². The third-order valence-electron chi connectivity index (χ3n) is 1.88. The monoisotopic (exact) mass is 206 g/mol. The van der Waals surface area contributed by atoms with Crippen molar-refractivity contribution < 1.29 is 34.4 Å². The van der Waals surface area contributed by atoms with Crippen molar-refractivity contribution in [2.45, 2.75) is 24.6 Å². The van der Waals surface area contributed by atoms with Gasteiger partial charge in [-0.2, -0.15) is 0 Å². The smallest absolute Gasteiger partial charge is 0.336 e. The summed E-state index contributed by atoms with van der Waals surface area (Å²) in [5.41, 5.74) is 0. The summed E-state index contributed by atoms with van der Waals surface area (Å²) in [7, 11) is 1.15. The number of carboxylic acid groups (broad SMARTS) is 1. The Bertz CT molecular complexity index is 250. The second-order valence-electron chi connectivity index (χ2n) is 2.79. The molecule has 0 aromatic heterocycles. The van der Waals surface area contributed by atoms with E-state index in [1.54, 1.807) is 0 Å². The molecule has 0 aromatic rings. The molecule has 1 rings (SSSR count). The second-order valence-corrected chi connectivity index (χ2v) is 2.79. The maximum atomic E-state index is 11.1. The average molecular weight is 206 g/mol. The molecule has 1 aliphatic rings. The molecular formula is C7H10O7. The van der Waals surface area contributed by atoms with Crippen LogP contribution in [0.1, 0.15) is 0 Å². The number of rotatable bonds is 2. The number of carbonyl (C=O) groups is 2. The number of Topliss-reactive ketones (excluding diaryl/α,β-unsaturated/α-hetero) is 1. The highest BCUT2D eigenvalue weighted by molar-refractivity contribution is 5.93. The molecule has 0 unspecified atom stereocenters. The minimum Gasteiger partial charge on any atom is -0.479 e. The quantitative estimate of drug-likeness (QED) is 0.467. The predicted molar refractivity (Wildman–Crippen MR) is 40.3 cm³/mol. The predicted octanol–water partition coefficient (Wildman–Crippen LogP) is -2.27. The van der Waals surface area contributed by atoms with Gasteiger partial charge in [0.2, 0.25) is 0 Å². The van der Waals surface area contributed by atoms with Crippen LogP contribution < -0.4 is 0 Å². The molecule has 0 aliphatic carbocycles. The van der Waals surface area contributed by atoms with Gasteiger partial charge in [0.05, 0.1) is 0 Å². The van der Waals surface area contributed by atoms with E-state index in [0.717, 1.165) is 7.11 Å². The Morgan fingerprint density at radius 1 is 1.43 bits per heavy atom. The molecule has 0 bridgehead atoms. The molecule has 0 spiro atoms. The SMILES string of the molecule is CO[C@H]1O[C@@H](C(=O)O)[C@@H](O)C(=O)[C@H]1O. The van der Waals surface area contributed by atoms with Crippen LogP contribution in [0.15, 0.2) is 0 Å². The largest absolute Gasteiger partial charge is 0.479 e. The van der Waals surface area contributed by atoms with E-state index in [1.165, 1.54) is 0 Å². The van der Waals surface area contributed by atoms with E-state index in [9.17, 15) is 9.59 Å². The number of ether oxygens (including phenoxy) is 2. The van der Waals surface area contributed by atoms with Gasteiger partial charge in [-0.05, 0) is 0 Å². The van der Waals surface area contributed by atoms with Crippen molar-refractivity contribution in [2.24, 2.45) is 0 Å². The highest BCUT2D eigenvalue weighted by atomic mass is 16.7. The van der Waals surface area contributed by atoms with Gasteiger partial charge in [0.25, 0.3) is 0 Å². The third-order valence-corrected chi connectivity index (χ3v) is 1.88. The summed E-state index contributed by atoms with van der Waals surface area (Å²) in [6.07, 6.45) is -6.58. The van der Waals surface area contributed by atoms with E-state index >= 15 is 0 Å². The van der Waals surface area contributed by atoms with Gasteiger partial charge in [-0.25, -0.2) is 4.79 Å². The zero-order chi connectivity index (χ0) is 10.9. The van der Waals surface area contributed by atoms with Crippen LogP contribution >= 0.6 is 0 Å². The van der Waals surface area contributed by atoms with Gasteiger partial charge < -0.3 is 24.8 Å². The number of ketones is 1. The molecule has 0 radical (unpaired) electrons. The van der Waals surface area contributed by atoms with Crippen molar-refractivity contribution in [1.29, 1.82) is 0 Å². The zero-order valence-corrected chi connectivity index (χ0v) is 7.28. The first-order chi connectivity index (χ1) is 6.49. The maximum Gasteiger partial charge on any atom is 0.336 e. The van der Waals surface area contributed by atoms with Crippen molar-refractivity contribution in [1.82, 2.24) is 0 Å². The molecule has 1 heterocycles. The molecule has 14 heavy (non-hydrogen) atoms. The lowest BCUT2D eigenvalue weighted by atomic mass is 10.0.